The van der Waals surface area contributed by atoms with E-state index in [-0.39, 0.29) is 5.54 Å². The maximum absolute atomic E-state index is 5.99. The number of likely N-dealkylation sites (N-methyl/N-ethyl adjacent to an activating group) is 1. The van der Waals surface area contributed by atoms with Gasteiger partial charge in [0.15, 0.2) is 0 Å². The lowest BCUT2D eigenvalue weighted by Gasteiger charge is -2.38. The number of rotatable bonds is 7. The minimum atomic E-state index is 0.193. The van der Waals surface area contributed by atoms with E-state index in [1.165, 1.54) is 24.1 Å². The molecule has 0 bridgehead atoms. The standard InChI is InChI=1S/C14H24N2S/c1-14(11-15,10-12-5-6-12)16(2)8-7-13-4-3-9-17-13/h3-4,9,12H,5-8,10-11,15H2,1-2H3. The summed E-state index contributed by atoms with van der Waals surface area (Å²) in [5.74, 6) is 0.938. The molecule has 96 valence electrons. The summed E-state index contributed by atoms with van der Waals surface area (Å²) in [6, 6.07) is 4.35. The number of hydrogen-bond donors (Lipinski definition) is 1. The Morgan fingerprint density at radius 1 is 1.53 bits per heavy atom. The van der Waals surface area contributed by atoms with Gasteiger partial charge in [0, 0.05) is 23.5 Å². The summed E-state index contributed by atoms with van der Waals surface area (Å²) < 4.78 is 0. The lowest BCUT2D eigenvalue weighted by atomic mass is 9.93. The normalized spacial score (nSPS) is 19.5. The third kappa shape index (κ3) is 3.54. The molecule has 0 aromatic carbocycles. The summed E-state index contributed by atoms with van der Waals surface area (Å²) in [7, 11) is 2.23. The minimum Gasteiger partial charge on any atom is -0.329 e. The van der Waals surface area contributed by atoms with E-state index in [1.807, 2.05) is 11.3 Å². The first-order chi connectivity index (χ1) is 8.14. The smallest absolute Gasteiger partial charge is 0.0303 e. The van der Waals surface area contributed by atoms with Crippen LogP contribution in [0.2, 0.25) is 0 Å². The summed E-state index contributed by atoms with van der Waals surface area (Å²) >= 11 is 1.85. The quantitative estimate of drug-likeness (QED) is 0.808. The zero-order valence-electron chi connectivity index (χ0n) is 11.0. The van der Waals surface area contributed by atoms with Crippen molar-refractivity contribution in [3.8, 4) is 0 Å². The topological polar surface area (TPSA) is 29.3 Å². The van der Waals surface area contributed by atoms with E-state index in [4.69, 9.17) is 5.73 Å². The fourth-order valence-corrected chi connectivity index (χ4v) is 3.04. The van der Waals surface area contributed by atoms with E-state index in [9.17, 15) is 0 Å². The van der Waals surface area contributed by atoms with Crippen molar-refractivity contribution < 1.29 is 0 Å². The Balaban J connectivity index is 1.85. The highest BCUT2D eigenvalue weighted by Crippen LogP contribution is 2.38. The van der Waals surface area contributed by atoms with Gasteiger partial charge in [-0.2, -0.15) is 0 Å². The second-order valence-electron chi connectivity index (χ2n) is 5.60. The predicted molar refractivity (Wildman–Crippen MR) is 75.5 cm³/mol. The Bertz CT molecular complexity index is 332. The Morgan fingerprint density at radius 3 is 2.82 bits per heavy atom. The van der Waals surface area contributed by atoms with Gasteiger partial charge in [-0.1, -0.05) is 18.9 Å². The van der Waals surface area contributed by atoms with Crippen LogP contribution in [-0.2, 0) is 6.42 Å². The van der Waals surface area contributed by atoms with E-state index < -0.39 is 0 Å². The molecule has 1 aromatic rings. The fourth-order valence-electron chi connectivity index (χ4n) is 2.34. The summed E-state index contributed by atoms with van der Waals surface area (Å²) in [5, 5.41) is 2.15. The van der Waals surface area contributed by atoms with Crippen LogP contribution in [0.5, 0.6) is 0 Å². The SMILES string of the molecule is CN(CCc1cccs1)C(C)(CN)CC1CC1. The molecular weight excluding hydrogens is 228 g/mol. The van der Waals surface area contributed by atoms with Gasteiger partial charge in [-0.15, -0.1) is 11.3 Å². The van der Waals surface area contributed by atoms with E-state index >= 15 is 0 Å². The zero-order valence-corrected chi connectivity index (χ0v) is 11.8. The molecule has 0 aliphatic heterocycles. The zero-order chi connectivity index (χ0) is 12.3. The minimum absolute atomic E-state index is 0.193. The monoisotopic (exact) mass is 252 g/mol. The first-order valence-electron chi connectivity index (χ1n) is 6.58. The van der Waals surface area contributed by atoms with Crippen LogP contribution in [-0.4, -0.2) is 30.6 Å². The van der Waals surface area contributed by atoms with Crippen molar-refractivity contribution in [2.45, 2.75) is 38.1 Å². The third-order valence-electron chi connectivity index (χ3n) is 4.06. The lowest BCUT2D eigenvalue weighted by molar-refractivity contribution is 0.129. The molecule has 2 N–H and O–H groups in total. The molecule has 2 nitrogen and oxygen atoms in total. The fraction of sp³-hybridized carbons (Fsp3) is 0.714. The highest BCUT2D eigenvalue weighted by Gasteiger charge is 2.35. The van der Waals surface area contributed by atoms with Gasteiger partial charge in [0.25, 0.3) is 0 Å². The molecular formula is C14H24N2S. The first-order valence-corrected chi connectivity index (χ1v) is 7.46. The van der Waals surface area contributed by atoms with Crippen molar-refractivity contribution in [2.75, 3.05) is 20.1 Å². The van der Waals surface area contributed by atoms with Crippen LogP contribution in [0, 0.1) is 5.92 Å². The average molecular weight is 252 g/mol. The summed E-state index contributed by atoms with van der Waals surface area (Å²) in [6.45, 7) is 4.20. The van der Waals surface area contributed by atoms with E-state index in [0.29, 0.717) is 0 Å². The number of thiophene rings is 1. The number of hydrogen-bond acceptors (Lipinski definition) is 3. The van der Waals surface area contributed by atoms with Crippen molar-refractivity contribution in [2.24, 2.45) is 11.7 Å². The maximum Gasteiger partial charge on any atom is 0.0303 e. The van der Waals surface area contributed by atoms with Crippen LogP contribution >= 0.6 is 11.3 Å². The molecule has 0 saturated heterocycles. The van der Waals surface area contributed by atoms with Gasteiger partial charge in [0.2, 0.25) is 0 Å². The van der Waals surface area contributed by atoms with E-state index in [0.717, 1.165) is 25.4 Å². The number of nitrogens with two attached hydrogens (primary N) is 1. The van der Waals surface area contributed by atoms with Crippen LogP contribution in [0.3, 0.4) is 0 Å². The lowest BCUT2D eigenvalue weighted by Crippen LogP contribution is -2.50. The van der Waals surface area contributed by atoms with Gasteiger partial charge in [-0.25, -0.2) is 0 Å². The van der Waals surface area contributed by atoms with Gasteiger partial charge in [-0.05, 0) is 44.2 Å². The van der Waals surface area contributed by atoms with Crippen LogP contribution in [0.25, 0.3) is 0 Å². The average Bonchev–Trinajstić information content (AvgIpc) is 2.97. The van der Waals surface area contributed by atoms with Crippen molar-refractivity contribution >= 4 is 11.3 Å². The van der Waals surface area contributed by atoms with Gasteiger partial charge in [0.05, 0.1) is 0 Å². The second kappa shape index (κ2) is 5.51. The van der Waals surface area contributed by atoms with Crippen molar-refractivity contribution in [1.82, 2.24) is 4.90 Å². The largest absolute Gasteiger partial charge is 0.329 e. The van der Waals surface area contributed by atoms with Gasteiger partial charge >= 0.3 is 0 Å². The molecule has 2 rings (SSSR count). The van der Waals surface area contributed by atoms with Crippen molar-refractivity contribution in [3.63, 3.8) is 0 Å². The molecule has 1 saturated carbocycles. The molecule has 0 radical (unpaired) electrons. The molecule has 1 unspecified atom stereocenters. The van der Waals surface area contributed by atoms with Crippen LogP contribution in [0.4, 0.5) is 0 Å². The molecule has 1 aromatic heterocycles. The highest BCUT2D eigenvalue weighted by atomic mass is 32.1. The van der Waals surface area contributed by atoms with Crippen LogP contribution < -0.4 is 5.73 Å². The molecule has 1 fully saturated rings. The molecule has 1 aliphatic rings. The molecule has 1 heterocycles. The molecule has 1 aliphatic carbocycles. The third-order valence-corrected chi connectivity index (χ3v) is 5.00. The Kier molecular flexibility index (Phi) is 4.23. The highest BCUT2D eigenvalue weighted by molar-refractivity contribution is 7.09. The molecule has 0 spiro atoms. The van der Waals surface area contributed by atoms with Gasteiger partial charge < -0.3 is 5.73 Å². The van der Waals surface area contributed by atoms with Gasteiger partial charge in [0.1, 0.15) is 0 Å². The van der Waals surface area contributed by atoms with E-state index in [1.54, 1.807) is 0 Å². The Morgan fingerprint density at radius 2 is 2.29 bits per heavy atom. The Hall–Kier alpha value is -0.380. The van der Waals surface area contributed by atoms with Crippen LogP contribution in [0.15, 0.2) is 17.5 Å². The summed E-state index contributed by atoms with van der Waals surface area (Å²) in [5.41, 5.74) is 6.19. The van der Waals surface area contributed by atoms with Crippen molar-refractivity contribution in [3.05, 3.63) is 22.4 Å². The molecule has 17 heavy (non-hydrogen) atoms. The number of nitrogens with zero attached hydrogens (tertiary/aromatic N) is 1. The molecule has 0 amide bonds. The summed E-state index contributed by atoms with van der Waals surface area (Å²) in [6.07, 6.45) is 5.24. The van der Waals surface area contributed by atoms with Crippen molar-refractivity contribution in [1.29, 1.82) is 0 Å². The van der Waals surface area contributed by atoms with Crippen LogP contribution in [0.1, 0.15) is 31.1 Å². The van der Waals surface area contributed by atoms with Gasteiger partial charge in [-0.3, -0.25) is 4.90 Å². The maximum atomic E-state index is 5.99. The second-order valence-corrected chi connectivity index (χ2v) is 6.63. The summed E-state index contributed by atoms with van der Waals surface area (Å²) in [4.78, 5) is 3.94. The molecule has 1 atom stereocenters. The Labute approximate surface area is 109 Å². The predicted octanol–water partition coefficient (Wildman–Crippen LogP) is 2.74. The van der Waals surface area contributed by atoms with E-state index in [2.05, 4.69) is 36.4 Å². The molecule has 3 heteroatoms. The first kappa shape index (κ1) is 13.1.